The van der Waals surface area contributed by atoms with Gasteiger partial charge in [-0.05, 0) is 24.6 Å². The first-order valence-corrected chi connectivity index (χ1v) is 7.04. The second kappa shape index (κ2) is 6.42. The predicted molar refractivity (Wildman–Crippen MR) is 80.5 cm³/mol. The zero-order valence-electron chi connectivity index (χ0n) is 10.9. The molecule has 3 nitrogen and oxygen atoms in total. The Bertz CT molecular complexity index is 514. The van der Waals surface area contributed by atoms with Crippen LogP contribution >= 0.6 is 23.2 Å². The van der Waals surface area contributed by atoms with Crippen LogP contribution in [0.2, 0.25) is 10.0 Å². The molecule has 0 radical (unpaired) electrons. The molecular weight excluding hydrogens is 283 g/mol. The van der Waals surface area contributed by atoms with Crippen molar-refractivity contribution in [1.29, 1.82) is 0 Å². The molecule has 0 saturated carbocycles. The van der Waals surface area contributed by atoms with E-state index in [2.05, 4.69) is 4.99 Å². The summed E-state index contributed by atoms with van der Waals surface area (Å²) in [5, 5.41) is 2.94. The van der Waals surface area contributed by atoms with Gasteiger partial charge in [0.25, 0.3) is 0 Å². The fourth-order valence-electron chi connectivity index (χ4n) is 1.81. The second-order valence-electron chi connectivity index (χ2n) is 4.12. The zero-order valence-corrected chi connectivity index (χ0v) is 12.4. The summed E-state index contributed by atoms with van der Waals surface area (Å²) in [6.45, 7) is 4.82. The minimum atomic E-state index is -0.102. The Morgan fingerprint density at radius 1 is 1.37 bits per heavy atom. The number of hydrogen-bond donors (Lipinski definition) is 0. The van der Waals surface area contributed by atoms with Gasteiger partial charge in [0.05, 0.1) is 10.0 Å². The Labute approximate surface area is 123 Å². The number of likely N-dealkylation sites (N-methyl/N-ethyl adjacent to an activating group) is 1. The first kappa shape index (κ1) is 14.4. The summed E-state index contributed by atoms with van der Waals surface area (Å²) in [5.74, 6) is 0.758. The number of rotatable bonds is 4. The molecule has 1 aliphatic rings. The van der Waals surface area contributed by atoms with Gasteiger partial charge in [0.1, 0.15) is 0 Å². The lowest BCUT2D eigenvalue weighted by molar-refractivity contribution is -0.0666. The van der Waals surface area contributed by atoms with E-state index in [1.54, 1.807) is 6.07 Å². The number of benzene rings is 1. The summed E-state index contributed by atoms with van der Waals surface area (Å²) in [6, 6.07) is 5.56. The third kappa shape index (κ3) is 3.30. The van der Waals surface area contributed by atoms with Crippen LogP contribution in [0.25, 0.3) is 6.08 Å². The van der Waals surface area contributed by atoms with Crippen molar-refractivity contribution in [1.82, 2.24) is 5.06 Å². The van der Waals surface area contributed by atoms with Crippen LogP contribution in [0.5, 0.6) is 0 Å². The number of aliphatic imine (C=N–C) groups is 1. The van der Waals surface area contributed by atoms with Crippen LogP contribution in [0.3, 0.4) is 0 Å². The molecular formula is C14H16Cl2N2O. The van der Waals surface area contributed by atoms with Gasteiger partial charge in [-0.1, -0.05) is 48.3 Å². The van der Waals surface area contributed by atoms with Gasteiger partial charge in [0.2, 0.25) is 5.90 Å². The molecule has 1 heterocycles. The first-order chi connectivity index (χ1) is 9.15. The van der Waals surface area contributed by atoms with E-state index in [0.29, 0.717) is 10.0 Å². The Morgan fingerprint density at radius 2 is 2.16 bits per heavy atom. The molecule has 0 amide bonds. The minimum absolute atomic E-state index is 0.102. The second-order valence-corrected chi connectivity index (χ2v) is 4.90. The smallest absolute Gasteiger partial charge is 0.211 e. The molecule has 1 unspecified atom stereocenters. The van der Waals surface area contributed by atoms with Crippen LogP contribution in [0.15, 0.2) is 29.3 Å². The normalized spacial score (nSPS) is 19.8. The zero-order chi connectivity index (χ0) is 13.8. The van der Waals surface area contributed by atoms with Gasteiger partial charge in [0.15, 0.2) is 6.17 Å². The van der Waals surface area contributed by atoms with E-state index in [1.807, 2.05) is 43.2 Å². The average molecular weight is 299 g/mol. The Morgan fingerprint density at radius 3 is 2.84 bits per heavy atom. The number of halogens is 2. The molecule has 0 spiro atoms. The number of hydrogen-bond acceptors (Lipinski definition) is 3. The number of nitrogens with zero attached hydrogens (tertiary/aromatic N) is 2. The van der Waals surface area contributed by atoms with Crippen LogP contribution in [0.1, 0.15) is 25.8 Å². The van der Waals surface area contributed by atoms with Gasteiger partial charge >= 0.3 is 0 Å². The van der Waals surface area contributed by atoms with Gasteiger partial charge in [-0.2, -0.15) is 0 Å². The summed E-state index contributed by atoms with van der Waals surface area (Å²) >= 11 is 12.1. The average Bonchev–Trinajstić information content (AvgIpc) is 2.83. The summed E-state index contributed by atoms with van der Waals surface area (Å²) in [4.78, 5) is 10.1. The molecule has 0 fully saturated rings. The summed E-state index contributed by atoms with van der Waals surface area (Å²) in [7, 11) is 0. The first-order valence-electron chi connectivity index (χ1n) is 6.29. The molecule has 0 saturated heterocycles. The van der Waals surface area contributed by atoms with E-state index >= 15 is 0 Å². The predicted octanol–water partition coefficient (Wildman–Crippen LogP) is 4.41. The van der Waals surface area contributed by atoms with Crippen LogP contribution in [-0.2, 0) is 4.84 Å². The van der Waals surface area contributed by atoms with E-state index in [9.17, 15) is 0 Å². The fraction of sp³-hybridized carbons (Fsp3) is 0.357. The molecule has 0 bridgehead atoms. The van der Waals surface area contributed by atoms with Crippen LogP contribution in [0.4, 0.5) is 0 Å². The number of hydroxylamine groups is 2. The maximum Gasteiger partial charge on any atom is 0.211 e. The van der Waals surface area contributed by atoms with Gasteiger partial charge in [0, 0.05) is 13.0 Å². The molecule has 1 aromatic carbocycles. The van der Waals surface area contributed by atoms with Crippen molar-refractivity contribution < 1.29 is 4.84 Å². The van der Waals surface area contributed by atoms with E-state index < -0.39 is 0 Å². The minimum Gasteiger partial charge on any atom is -0.388 e. The lowest BCUT2D eigenvalue weighted by atomic mass is 10.2. The van der Waals surface area contributed by atoms with Crippen molar-refractivity contribution in [3.05, 3.63) is 39.9 Å². The molecule has 1 aromatic rings. The maximum atomic E-state index is 6.14. The highest BCUT2D eigenvalue weighted by Gasteiger charge is 2.23. The van der Waals surface area contributed by atoms with Crippen molar-refractivity contribution >= 4 is 35.2 Å². The quantitative estimate of drug-likeness (QED) is 0.822. The van der Waals surface area contributed by atoms with Crippen molar-refractivity contribution in [3.63, 3.8) is 0 Å². The third-order valence-corrected chi connectivity index (χ3v) is 3.67. The van der Waals surface area contributed by atoms with Crippen LogP contribution < -0.4 is 0 Å². The van der Waals surface area contributed by atoms with Gasteiger partial charge in [-0.15, -0.1) is 5.06 Å². The molecule has 1 atom stereocenters. The Kier molecular flexibility index (Phi) is 4.86. The molecule has 102 valence electrons. The summed E-state index contributed by atoms with van der Waals surface area (Å²) in [5.41, 5.74) is 0.880. The molecule has 19 heavy (non-hydrogen) atoms. The van der Waals surface area contributed by atoms with E-state index in [0.717, 1.165) is 24.4 Å². The standard InChI is InChI=1S/C14H16Cl2N2O/c1-3-13-17-12(18(4-2)19-13)9-8-10-6-5-7-11(15)14(10)16/h5-9,12H,3-4H2,1-2H3. The monoisotopic (exact) mass is 298 g/mol. The van der Waals surface area contributed by atoms with Crippen molar-refractivity contribution in [2.24, 2.45) is 4.99 Å². The lowest BCUT2D eigenvalue weighted by Crippen LogP contribution is -2.27. The lowest BCUT2D eigenvalue weighted by Gasteiger charge is -2.16. The van der Waals surface area contributed by atoms with E-state index in [-0.39, 0.29) is 6.17 Å². The van der Waals surface area contributed by atoms with Crippen molar-refractivity contribution in [2.75, 3.05) is 6.54 Å². The molecule has 0 aromatic heterocycles. The molecule has 0 N–H and O–H groups in total. The fourth-order valence-corrected chi connectivity index (χ4v) is 2.18. The van der Waals surface area contributed by atoms with Gasteiger partial charge in [-0.25, -0.2) is 4.99 Å². The van der Waals surface area contributed by atoms with E-state index in [4.69, 9.17) is 28.0 Å². The highest BCUT2D eigenvalue weighted by Crippen LogP contribution is 2.27. The SMILES string of the molecule is CCC1=NC(C=Cc2cccc(Cl)c2Cl)N(CC)O1. The molecule has 5 heteroatoms. The van der Waals surface area contributed by atoms with Crippen molar-refractivity contribution in [3.8, 4) is 0 Å². The molecule has 2 rings (SSSR count). The largest absolute Gasteiger partial charge is 0.388 e. The van der Waals surface area contributed by atoms with Gasteiger partial charge in [-0.3, -0.25) is 0 Å². The molecule has 1 aliphatic heterocycles. The highest BCUT2D eigenvalue weighted by molar-refractivity contribution is 6.42. The highest BCUT2D eigenvalue weighted by atomic mass is 35.5. The van der Waals surface area contributed by atoms with Crippen LogP contribution in [-0.4, -0.2) is 23.7 Å². The van der Waals surface area contributed by atoms with Crippen LogP contribution in [0, 0.1) is 0 Å². The topological polar surface area (TPSA) is 24.8 Å². The van der Waals surface area contributed by atoms with Crippen molar-refractivity contribution in [2.45, 2.75) is 26.4 Å². The molecule has 0 aliphatic carbocycles. The Hall–Kier alpha value is -1.03. The van der Waals surface area contributed by atoms with E-state index in [1.165, 1.54) is 0 Å². The maximum absolute atomic E-state index is 6.14. The summed E-state index contributed by atoms with van der Waals surface area (Å²) in [6.07, 6.45) is 4.57. The third-order valence-electron chi connectivity index (χ3n) is 2.84. The van der Waals surface area contributed by atoms with Gasteiger partial charge < -0.3 is 4.84 Å². The summed E-state index contributed by atoms with van der Waals surface area (Å²) < 4.78 is 0. The Balaban J connectivity index is 2.17.